The number of hydrogen-bond acceptors (Lipinski definition) is 8. The SMILES string of the molecule is COc1cc(C=CC(=O)O[C@@H]2[C@@H](O)[C@H](O)OC[C@H]2O)ccc1O. The molecule has 0 bridgehead atoms. The molecule has 1 fully saturated rings. The first-order chi connectivity index (χ1) is 10.9. The topological polar surface area (TPSA) is 126 Å². The zero-order valence-electron chi connectivity index (χ0n) is 12.3. The summed E-state index contributed by atoms with van der Waals surface area (Å²) in [5, 5.41) is 38.1. The Hall–Kier alpha value is -2.13. The lowest BCUT2D eigenvalue weighted by atomic mass is 10.1. The second-order valence-corrected chi connectivity index (χ2v) is 4.95. The van der Waals surface area contributed by atoms with Gasteiger partial charge in [0.05, 0.1) is 13.7 Å². The van der Waals surface area contributed by atoms with Crippen LogP contribution in [0.5, 0.6) is 11.5 Å². The molecule has 0 amide bonds. The van der Waals surface area contributed by atoms with Crippen LogP contribution in [0.4, 0.5) is 0 Å². The molecule has 0 aliphatic carbocycles. The molecular formula is C15H18O8. The lowest BCUT2D eigenvalue weighted by Crippen LogP contribution is -2.54. The molecule has 8 nitrogen and oxygen atoms in total. The van der Waals surface area contributed by atoms with E-state index in [1.54, 1.807) is 6.07 Å². The van der Waals surface area contributed by atoms with Crippen molar-refractivity contribution in [3.8, 4) is 11.5 Å². The quantitative estimate of drug-likeness (QED) is 0.427. The maximum atomic E-state index is 11.8. The molecule has 4 N–H and O–H groups in total. The Morgan fingerprint density at radius 2 is 2.09 bits per heavy atom. The number of rotatable bonds is 4. The summed E-state index contributed by atoms with van der Waals surface area (Å²) in [5.74, 6) is -0.595. The highest BCUT2D eigenvalue weighted by atomic mass is 16.6. The fraction of sp³-hybridized carbons (Fsp3) is 0.400. The van der Waals surface area contributed by atoms with E-state index in [1.807, 2.05) is 0 Å². The molecule has 1 saturated heterocycles. The van der Waals surface area contributed by atoms with Crippen molar-refractivity contribution >= 4 is 12.0 Å². The molecule has 0 saturated carbocycles. The second-order valence-electron chi connectivity index (χ2n) is 4.95. The number of aromatic hydroxyl groups is 1. The maximum absolute atomic E-state index is 11.8. The molecule has 2 rings (SSSR count). The number of ether oxygens (including phenoxy) is 3. The van der Waals surface area contributed by atoms with Crippen molar-refractivity contribution in [1.82, 2.24) is 0 Å². The summed E-state index contributed by atoms with van der Waals surface area (Å²) in [6.07, 6.45) is -3.08. The highest BCUT2D eigenvalue weighted by Crippen LogP contribution is 2.26. The minimum Gasteiger partial charge on any atom is -0.504 e. The number of phenolic OH excluding ortho intramolecular Hbond substituents is 1. The molecule has 1 aliphatic rings. The fourth-order valence-electron chi connectivity index (χ4n) is 2.06. The van der Waals surface area contributed by atoms with E-state index in [-0.39, 0.29) is 18.1 Å². The molecule has 4 atom stereocenters. The van der Waals surface area contributed by atoms with E-state index in [0.29, 0.717) is 5.56 Å². The molecular weight excluding hydrogens is 308 g/mol. The molecule has 1 aromatic rings. The third kappa shape index (κ3) is 4.20. The second kappa shape index (κ2) is 7.42. The Balaban J connectivity index is 2.01. The number of hydrogen-bond donors (Lipinski definition) is 4. The van der Waals surface area contributed by atoms with Gasteiger partial charge in [0.15, 0.2) is 23.9 Å². The average Bonchev–Trinajstić information content (AvgIpc) is 2.54. The normalized spacial score (nSPS) is 27.8. The summed E-state index contributed by atoms with van der Waals surface area (Å²) in [4.78, 5) is 11.8. The van der Waals surface area contributed by atoms with E-state index in [9.17, 15) is 25.2 Å². The van der Waals surface area contributed by atoms with Gasteiger partial charge in [-0.05, 0) is 23.8 Å². The fourth-order valence-corrected chi connectivity index (χ4v) is 2.06. The first kappa shape index (κ1) is 17.2. The van der Waals surface area contributed by atoms with Crippen molar-refractivity contribution in [2.45, 2.75) is 24.6 Å². The number of methoxy groups -OCH3 is 1. The van der Waals surface area contributed by atoms with Crippen LogP contribution in [0, 0.1) is 0 Å². The van der Waals surface area contributed by atoms with E-state index >= 15 is 0 Å². The van der Waals surface area contributed by atoms with Crippen LogP contribution < -0.4 is 4.74 Å². The smallest absolute Gasteiger partial charge is 0.331 e. The van der Waals surface area contributed by atoms with Gasteiger partial charge in [-0.2, -0.15) is 0 Å². The highest BCUT2D eigenvalue weighted by Gasteiger charge is 2.40. The lowest BCUT2D eigenvalue weighted by molar-refractivity contribution is -0.257. The highest BCUT2D eigenvalue weighted by molar-refractivity contribution is 5.87. The van der Waals surface area contributed by atoms with E-state index in [4.69, 9.17) is 9.47 Å². The predicted octanol–water partition coefficient (Wildman–Crippen LogP) is -0.604. The first-order valence-corrected chi connectivity index (χ1v) is 6.84. The van der Waals surface area contributed by atoms with E-state index in [0.717, 1.165) is 6.08 Å². The van der Waals surface area contributed by atoms with Crippen molar-refractivity contribution in [2.24, 2.45) is 0 Å². The van der Waals surface area contributed by atoms with Gasteiger partial charge in [-0.3, -0.25) is 0 Å². The number of aliphatic hydroxyl groups excluding tert-OH is 3. The number of carbonyl (C=O) groups is 1. The molecule has 0 radical (unpaired) electrons. The molecule has 23 heavy (non-hydrogen) atoms. The van der Waals surface area contributed by atoms with Crippen molar-refractivity contribution in [2.75, 3.05) is 13.7 Å². The van der Waals surface area contributed by atoms with Crippen LogP contribution in [0.1, 0.15) is 5.56 Å². The van der Waals surface area contributed by atoms with E-state index in [1.165, 1.54) is 25.3 Å². The summed E-state index contributed by atoms with van der Waals surface area (Å²) in [7, 11) is 1.40. The number of carbonyl (C=O) groups excluding carboxylic acids is 1. The van der Waals surface area contributed by atoms with Gasteiger partial charge < -0.3 is 34.6 Å². The first-order valence-electron chi connectivity index (χ1n) is 6.84. The van der Waals surface area contributed by atoms with Gasteiger partial charge in [0.2, 0.25) is 0 Å². The van der Waals surface area contributed by atoms with Crippen molar-refractivity contribution in [1.29, 1.82) is 0 Å². The van der Waals surface area contributed by atoms with Crippen LogP contribution in [0.25, 0.3) is 6.08 Å². The summed E-state index contributed by atoms with van der Waals surface area (Å²) in [6, 6.07) is 4.48. The van der Waals surface area contributed by atoms with Gasteiger partial charge in [-0.15, -0.1) is 0 Å². The Labute approximate surface area is 132 Å². The molecule has 0 aromatic heterocycles. The molecule has 8 heteroatoms. The minimum absolute atomic E-state index is 0.0327. The molecule has 126 valence electrons. The van der Waals surface area contributed by atoms with Crippen LogP contribution in [0.2, 0.25) is 0 Å². The van der Waals surface area contributed by atoms with Crippen LogP contribution in [-0.2, 0) is 14.3 Å². The Morgan fingerprint density at radius 3 is 2.78 bits per heavy atom. The van der Waals surface area contributed by atoms with Crippen LogP contribution in [0.15, 0.2) is 24.3 Å². The average molecular weight is 326 g/mol. The molecule has 1 heterocycles. The molecule has 0 spiro atoms. The summed E-state index contributed by atoms with van der Waals surface area (Å²) in [6.45, 7) is -0.255. The molecule has 1 aromatic carbocycles. The van der Waals surface area contributed by atoms with Crippen LogP contribution in [0.3, 0.4) is 0 Å². The standard InChI is InChI=1S/C15H18O8/c1-21-11-6-8(2-4-9(11)16)3-5-12(18)23-14-10(17)7-22-15(20)13(14)19/h2-6,10,13-17,19-20H,7H2,1H3/t10-,13-,14+,15-/m1/s1. The van der Waals surface area contributed by atoms with Gasteiger partial charge in [0.1, 0.15) is 12.2 Å². The largest absolute Gasteiger partial charge is 0.504 e. The number of esters is 1. The van der Waals surface area contributed by atoms with Crippen LogP contribution in [-0.4, -0.2) is 64.7 Å². The number of aliphatic hydroxyl groups is 3. The Morgan fingerprint density at radius 1 is 1.35 bits per heavy atom. The van der Waals surface area contributed by atoms with E-state index in [2.05, 4.69) is 4.74 Å². The maximum Gasteiger partial charge on any atom is 0.331 e. The summed E-state index contributed by atoms with van der Waals surface area (Å²) >= 11 is 0. The van der Waals surface area contributed by atoms with Gasteiger partial charge in [0.25, 0.3) is 0 Å². The molecule has 0 unspecified atom stereocenters. The third-order valence-electron chi connectivity index (χ3n) is 3.31. The van der Waals surface area contributed by atoms with Crippen molar-refractivity contribution < 1.29 is 39.4 Å². The summed E-state index contributed by atoms with van der Waals surface area (Å²) < 4.78 is 14.6. The van der Waals surface area contributed by atoms with Crippen LogP contribution >= 0.6 is 0 Å². The Kier molecular flexibility index (Phi) is 5.56. The van der Waals surface area contributed by atoms with Crippen molar-refractivity contribution in [3.05, 3.63) is 29.8 Å². The summed E-state index contributed by atoms with van der Waals surface area (Å²) in [5.41, 5.74) is 0.574. The zero-order valence-corrected chi connectivity index (χ0v) is 12.3. The van der Waals surface area contributed by atoms with Gasteiger partial charge >= 0.3 is 5.97 Å². The Bertz CT molecular complexity index is 585. The van der Waals surface area contributed by atoms with Gasteiger partial charge in [0, 0.05) is 6.08 Å². The minimum atomic E-state index is -1.54. The zero-order chi connectivity index (χ0) is 17.0. The van der Waals surface area contributed by atoms with Gasteiger partial charge in [-0.1, -0.05) is 6.07 Å². The number of benzene rings is 1. The number of phenols is 1. The third-order valence-corrected chi connectivity index (χ3v) is 3.31. The van der Waals surface area contributed by atoms with E-state index < -0.39 is 30.6 Å². The van der Waals surface area contributed by atoms with Gasteiger partial charge in [-0.25, -0.2) is 4.79 Å². The lowest BCUT2D eigenvalue weighted by Gasteiger charge is -2.34. The van der Waals surface area contributed by atoms with Crippen molar-refractivity contribution in [3.63, 3.8) is 0 Å². The predicted molar refractivity (Wildman–Crippen MR) is 77.5 cm³/mol. The molecule has 1 aliphatic heterocycles. The monoisotopic (exact) mass is 326 g/mol.